The van der Waals surface area contributed by atoms with Gasteiger partial charge in [0.25, 0.3) is 0 Å². The minimum atomic E-state index is -0.613. The van der Waals surface area contributed by atoms with Crippen LogP contribution in [0.15, 0.2) is 91.0 Å². The molecule has 0 spiro atoms. The van der Waals surface area contributed by atoms with Gasteiger partial charge in [-0.1, -0.05) is 71.7 Å². The number of para-hydroxylation sites is 2. The van der Waals surface area contributed by atoms with E-state index in [0.717, 1.165) is 28.2 Å². The number of benzene rings is 4. The molecule has 1 aliphatic heterocycles. The largest absolute Gasteiger partial charge is 0.457 e. The van der Waals surface area contributed by atoms with E-state index in [9.17, 15) is 4.79 Å². The van der Waals surface area contributed by atoms with Gasteiger partial charge in [-0.2, -0.15) is 0 Å². The molecule has 5 rings (SSSR count). The van der Waals surface area contributed by atoms with Crippen molar-refractivity contribution in [2.75, 3.05) is 5.32 Å². The van der Waals surface area contributed by atoms with Crippen LogP contribution in [0.1, 0.15) is 22.6 Å². The predicted octanol–water partition coefficient (Wildman–Crippen LogP) is 7.89. The number of ether oxygens (including phenoxy) is 2. The van der Waals surface area contributed by atoms with E-state index in [-0.39, 0.29) is 5.92 Å². The maximum Gasteiger partial charge on any atom is 0.417 e. The number of carbonyl (C=O) groups is 1. The first-order valence-electron chi connectivity index (χ1n) is 9.98. The third-order valence-electron chi connectivity index (χ3n) is 5.27. The molecule has 0 bridgehead atoms. The fraction of sp³-hybridized carbons (Fsp3) is 0.0385. The van der Waals surface area contributed by atoms with Crippen molar-refractivity contribution in [1.82, 2.24) is 0 Å². The summed E-state index contributed by atoms with van der Waals surface area (Å²) < 4.78 is 11.5. The maximum absolute atomic E-state index is 12.3. The summed E-state index contributed by atoms with van der Waals surface area (Å²) >= 11 is 11.9. The van der Waals surface area contributed by atoms with Crippen LogP contribution < -0.4 is 14.8 Å². The van der Waals surface area contributed by atoms with Crippen molar-refractivity contribution in [1.29, 1.82) is 0 Å². The molecule has 1 N–H and O–H groups in total. The Hall–Kier alpha value is -3.47. The van der Waals surface area contributed by atoms with Crippen LogP contribution >= 0.6 is 23.2 Å². The average Bonchev–Trinajstić information content (AvgIpc) is 2.80. The Kier molecular flexibility index (Phi) is 5.48. The Morgan fingerprint density at radius 3 is 2.03 bits per heavy atom. The van der Waals surface area contributed by atoms with Crippen molar-refractivity contribution in [3.63, 3.8) is 0 Å². The van der Waals surface area contributed by atoms with Crippen molar-refractivity contribution in [2.45, 2.75) is 5.92 Å². The number of nitrogens with one attached hydrogen (secondary N) is 1. The molecule has 4 nitrogen and oxygen atoms in total. The SMILES string of the molecule is O=C(Nc1ccc(Cl)c(Cl)c1)Oc1ccc(C2c3ccccc3Oc3ccccc32)cc1. The van der Waals surface area contributed by atoms with Crippen molar-refractivity contribution in [3.8, 4) is 17.2 Å². The fourth-order valence-electron chi connectivity index (χ4n) is 3.82. The van der Waals surface area contributed by atoms with E-state index in [1.165, 1.54) is 0 Å². The molecule has 0 saturated carbocycles. The van der Waals surface area contributed by atoms with Crippen molar-refractivity contribution >= 4 is 35.0 Å². The van der Waals surface area contributed by atoms with E-state index in [1.807, 2.05) is 48.5 Å². The highest BCUT2D eigenvalue weighted by Gasteiger charge is 2.28. The van der Waals surface area contributed by atoms with Gasteiger partial charge in [-0.3, -0.25) is 5.32 Å². The van der Waals surface area contributed by atoms with E-state index in [0.29, 0.717) is 21.5 Å². The molecule has 0 radical (unpaired) electrons. The molecule has 1 heterocycles. The lowest BCUT2D eigenvalue weighted by atomic mass is 9.83. The molecule has 6 heteroatoms. The van der Waals surface area contributed by atoms with E-state index in [1.54, 1.807) is 30.3 Å². The normalized spacial score (nSPS) is 12.3. The average molecular weight is 462 g/mol. The number of fused-ring (bicyclic) bond motifs is 2. The van der Waals surface area contributed by atoms with Crippen LogP contribution in [0.4, 0.5) is 10.5 Å². The number of rotatable bonds is 3. The third kappa shape index (κ3) is 4.03. The molecule has 4 aromatic carbocycles. The first-order chi connectivity index (χ1) is 15.6. The highest BCUT2D eigenvalue weighted by Crippen LogP contribution is 2.47. The second kappa shape index (κ2) is 8.58. The Bertz CT molecular complexity index is 1260. The lowest BCUT2D eigenvalue weighted by molar-refractivity contribution is 0.215. The highest BCUT2D eigenvalue weighted by molar-refractivity contribution is 6.42. The van der Waals surface area contributed by atoms with Gasteiger partial charge < -0.3 is 9.47 Å². The van der Waals surface area contributed by atoms with Gasteiger partial charge in [0, 0.05) is 22.7 Å². The first-order valence-corrected chi connectivity index (χ1v) is 10.7. The van der Waals surface area contributed by atoms with E-state index < -0.39 is 6.09 Å². The monoisotopic (exact) mass is 461 g/mol. The third-order valence-corrected chi connectivity index (χ3v) is 6.01. The van der Waals surface area contributed by atoms with Gasteiger partial charge in [0.2, 0.25) is 0 Å². The van der Waals surface area contributed by atoms with Crippen LogP contribution in [0.2, 0.25) is 10.0 Å². The second-order valence-corrected chi connectivity index (χ2v) is 8.14. The highest BCUT2D eigenvalue weighted by atomic mass is 35.5. The summed E-state index contributed by atoms with van der Waals surface area (Å²) in [5.74, 6) is 2.14. The molecule has 32 heavy (non-hydrogen) atoms. The Morgan fingerprint density at radius 2 is 1.41 bits per heavy atom. The first kappa shape index (κ1) is 20.4. The number of carbonyl (C=O) groups excluding carboxylic acids is 1. The summed E-state index contributed by atoms with van der Waals surface area (Å²) in [5, 5.41) is 3.41. The summed E-state index contributed by atoms with van der Waals surface area (Å²) in [6, 6.07) is 28.4. The summed E-state index contributed by atoms with van der Waals surface area (Å²) in [7, 11) is 0. The van der Waals surface area contributed by atoms with Crippen LogP contribution in [0.5, 0.6) is 17.2 Å². The zero-order valence-corrected chi connectivity index (χ0v) is 18.2. The van der Waals surface area contributed by atoms with E-state index in [4.69, 9.17) is 32.7 Å². The maximum atomic E-state index is 12.3. The van der Waals surface area contributed by atoms with Crippen LogP contribution in [0.25, 0.3) is 0 Å². The lowest BCUT2D eigenvalue weighted by Crippen LogP contribution is -2.16. The fourth-order valence-corrected chi connectivity index (χ4v) is 4.12. The van der Waals surface area contributed by atoms with Crippen molar-refractivity contribution < 1.29 is 14.3 Å². The van der Waals surface area contributed by atoms with Gasteiger partial charge in [0.1, 0.15) is 17.2 Å². The number of hydrogen-bond acceptors (Lipinski definition) is 3. The van der Waals surface area contributed by atoms with Gasteiger partial charge in [-0.05, 0) is 48.0 Å². The van der Waals surface area contributed by atoms with Gasteiger partial charge in [-0.25, -0.2) is 4.79 Å². The minimum absolute atomic E-state index is 0.0234. The molecule has 0 unspecified atom stereocenters. The smallest absolute Gasteiger partial charge is 0.417 e. The van der Waals surface area contributed by atoms with Crippen LogP contribution in [-0.4, -0.2) is 6.09 Å². The molecule has 4 aromatic rings. The molecule has 0 aromatic heterocycles. The molecular formula is C26H17Cl2NO3. The second-order valence-electron chi connectivity index (χ2n) is 7.32. The van der Waals surface area contributed by atoms with Crippen molar-refractivity contribution in [3.05, 3.63) is 118 Å². The molecular weight excluding hydrogens is 445 g/mol. The van der Waals surface area contributed by atoms with Gasteiger partial charge in [0.05, 0.1) is 10.0 Å². The van der Waals surface area contributed by atoms with Crippen molar-refractivity contribution in [2.24, 2.45) is 0 Å². The molecule has 0 fully saturated rings. The molecule has 1 amide bonds. The topological polar surface area (TPSA) is 47.6 Å². The Morgan fingerprint density at radius 1 is 0.781 bits per heavy atom. The minimum Gasteiger partial charge on any atom is -0.457 e. The number of halogens is 2. The lowest BCUT2D eigenvalue weighted by Gasteiger charge is -2.28. The predicted molar refractivity (Wildman–Crippen MR) is 126 cm³/mol. The zero-order valence-electron chi connectivity index (χ0n) is 16.7. The quantitative estimate of drug-likeness (QED) is 0.297. The van der Waals surface area contributed by atoms with Gasteiger partial charge in [-0.15, -0.1) is 0 Å². The number of amides is 1. The van der Waals surface area contributed by atoms with Gasteiger partial charge in [0.15, 0.2) is 0 Å². The molecule has 1 aliphatic rings. The summed E-state index contributed by atoms with van der Waals surface area (Å²) in [5.41, 5.74) is 3.76. The Balaban J connectivity index is 1.37. The summed E-state index contributed by atoms with van der Waals surface area (Å²) in [6.45, 7) is 0. The van der Waals surface area contributed by atoms with Gasteiger partial charge >= 0.3 is 6.09 Å². The number of hydrogen-bond donors (Lipinski definition) is 1. The van der Waals surface area contributed by atoms with E-state index >= 15 is 0 Å². The van der Waals surface area contributed by atoms with E-state index in [2.05, 4.69) is 17.4 Å². The van der Waals surface area contributed by atoms with Crippen LogP contribution in [-0.2, 0) is 0 Å². The molecule has 158 valence electrons. The standard InChI is InChI=1S/C26H17Cl2NO3/c27-21-14-11-17(15-22(21)28)29-26(30)31-18-12-9-16(10-13-18)25-19-5-1-3-7-23(19)32-24-8-4-2-6-20(24)25/h1-15,25H,(H,29,30). The molecule has 0 saturated heterocycles. The van der Waals surface area contributed by atoms with Crippen LogP contribution in [0, 0.1) is 0 Å². The molecule has 0 atom stereocenters. The Labute approximate surface area is 195 Å². The number of anilines is 1. The summed E-state index contributed by atoms with van der Waals surface area (Å²) in [4.78, 5) is 12.3. The molecule has 0 aliphatic carbocycles. The zero-order chi connectivity index (χ0) is 22.1. The summed E-state index contributed by atoms with van der Waals surface area (Å²) in [6.07, 6.45) is -0.613. The van der Waals surface area contributed by atoms with Crippen LogP contribution in [0.3, 0.4) is 0 Å².